The van der Waals surface area contributed by atoms with Gasteiger partial charge in [0.15, 0.2) is 0 Å². The van der Waals surface area contributed by atoms with Crippen LogP contribution < -0.4 is 5.32 Å². The highest BCUT2D eigenvalue weighted by molar-refractivity contribution is 5.87. The Morgan fingerprint density at radius 3 is 2.32 bits per heavy atom. The van der Waals surface area contributed by atoms with Crippen LogP contribution in [0.4, 0.5) is 4.79 Å². The number of amides is 3. The largest absolute Gasteiger partial charge is 0.444 e. The van der Waals surface area contributed by atoms with Gasteiger partial charge < -0.3 is 19.9 Å². The first-order chi connectivity index (χ1) is 10.2. The van der Waals surface area contributed by atoms with E-state index in [4.69, 9.17) is 4.74 Å². The molecule has 0 unspecified atom stereocenters. The standard InChI is InChI=1S/C15H25N3O4/c1-5-12(19)17-7-6-8-18(10-9-17)13(20)11-16-14(21)22-15(2,3)4/h5H,1,6-11H2,2-4H3,(H,16,21). The molecule has 0 spiro atoms. The molecule has 1 fully saturated rings. The van der Waals surface area contributed by atoms with Gasteiger partial charge in [0.25, 0.3) is 0 Å². The molecule has 22 heavy (non-hydrogen) atoms. The van der Waals surface area contributed by atoms with Crippen LogP contribution >= 0.6 is 0 Å². The van der Waals surface area contributed by atoms with Crippen LogP contribution in [0.5, 0.6) is 0 Å². The van der Waals surface area contributed by atoms with Crippen LogP contribution in [0.3, 0.4) is 0 Å². The van der Waals surface area contributed by atoms with E-state index >= 15 is 0 Å². The number of carbonyl (C=O) groups is 3. The number of carbonyl (C=O) groups excluding carboxylic acids is 3. The molecule has 0 aromatic carbocycles. The average Bonchev–Trinajstić information content (AvgIpc) is 2.68. The van der Waals surface area contributed by atoms with Crippen molar-refractivity contribution >= 4 is 17.9 Å². The van der Waals surface area contributed by atoms with Crippen LogP contribution in [-0.4, -0.2) is 66.0 Å². The summed E-state index contributed by atoms with van der Waals surface area (Å²) in [6.45, 7) is 10.7. The van der Waals surface area contributed by atoms with E-state index in [1.165, 1.54) is 6.08 Å². The van der Waals surface area contributed by atoms with Gasteiger partial charge >= 0.3 is 6.09 Å². The maximum Gasteiger partial charge on any atom is 0.408 e. The molecule has 0 aliphatic carbocycles. The van der Waals surface area contributed by atoms with Crippen molar-refractivity contribution in [1.29, 1.82) is 0 Å². The number of nitrogens with zero attached hydrogens (tertiary/aromatic N) is 2. The second-order valence-electron chi connectivity index (χ2n) is 6.12. The van der Waals surface area contributed by atoms with Crippen molar-refractivity contribution in [2.45, 2.75) is 32.8 Å². The molecule has 1 rings (SSSR count). The Morgan fingerprint density at radius 1 is 1.14 bits per heavy atom. The molecule has 0 bridgehead atoms. The zero-order valence-corrected chi connectivity index (χ0v) is 13.6. The number of alkyl carbamates (subject to hydrolysis) is 1. The average molecular weight is 311 g/mol. The third-order valence-electron chi connectivity index (χ3n) is 3.12. The maximum absolute atomic E-state index is 12.1. The van der Waals surface area contributed by atoms with Crippen molar-refractivity contribution in [3.63, 3.8) is 0 Å². The molecule has 0 atom stereocenters. The number of hydrogen-bond acceptors (Lipinski definition) is 4. The lowest BCUT2D eigenvalue weighted by molar-refractivity contribution is -0.131. The van der Waals surface area contributed by atoms with Crippen LogP contribution in [0.1, 0.15) is 27.2 Å². The van der Waals surface area contributed by atoms with Crippen LogP contribution in [0.15, 0.2) is 12.7 Å². The first-order valence-corrected chi connectivity index (χ1v) is 7.39. The van der Waals surface area contributed by atoms with Gasteiger partial charge in [-0.25, -0.2) is 4.79 Å². The van der Waals surface area contributed by atoms with E-state index in [1.807, 2.05) is 0 Å². The Kier molecular flexibility index (Phi) is 6.39. The fourth-order valence-electron chi connectivity index (χ4n) is 2.09. The molecule has 1 heterocycles. The second kappa shape index (κ2) is 7.82. The summed E-state index contributed by atoms with van der Waals surface area (Å²) < 4.78 is 5.08. The molecule has 7 nitrogen and oxygen atoms in total. The lowest BCUT2D eigenvalue weighted by Gasteiger charge is -2.23. The van der Waals surface area contributed by atoms with Crippen LogP contribution in [-0.2, 0) is 14.3 Å². The van der Waals surface area contributed by atoms with Crippen molar-refractivity contribution in [1.82, 2.24) is 15.1 Å². The summed E-state index contributed by atoms with van der Waals surface area (Å²) >= 11 is 0. The van der Waals surface area contributed by atoms with Crippen molar-refractivity contribution in [2.75, 3.05) is 32.7 Å². The van der Waals surface area contributed by atoms with Gasteiger partial charge in [0.1, 0.15) is 12.1 Å². The molecule has 0 aromatic rings. The Morgan fingerprint density at radius 2 is 1.73 bits per heavy atom. The van der Waals surface area contributed by atoms with E-state index in [0.29, 0.717) is 32.6 Å². The third kappa shape index (κ3) is 6.15. The predicted octanol–water partition coefficient (Wildman–Crippen LogP) is 0.758. The lowest BCUT2D eigenvalue weighted by atomic mass is 10.2. The molecule has 1 aliphatic heterocycles. The van der Waals surface area contributed by atoms with Crippen LogP contribution in [0, 0.1) is 0 Å². The predicted molar refractivity (Wildman–Crippen MR) is 82.2 cm³/mol. The third-order valence-corrected chi connectivity index (χ3v) is 3.12. The Labute approximate surface area is 131 Å². The van der Waals surface area contributed by atoms with Gasteiger partial charge in [-0.1, -0.05) is 6.58 Å². The highest BCUT2D eigenvalue weighted by Gasteiger charge is 2.22. The Bertz CT molecular complexity index is 443. The van der Waals surface area contributed by atoms with E-state index in [0.717, 1.165) is 0 Å². The van der Waals surface area contributed by atoms with Gasteiger partial charge in [0.05, 0.1) is 0 Å². The lowest BCUT2D eigenvalue weighted by Crippen LogP contribution is -2.43. The molecule has 0 aromatic heterocycles. The normalized spacial score (nSPS) is 15.8. The van der Waals surface area contributed by atoms with Crippen molar-refractivity contribution in [2.24, 2.45) is 0 Å². The van der Waals surface area contributed by atoms with E-state index in [-0.39, 0.29) is 18.4 Å². The summed E-state index contributed by atoms with van der Waals surface area (Å²) in [6, 6.07) is 0. The molecular formula is C15H25N3O4. The van der Waals surface area contributed by atoms with Gasteiger partial charge in [0, 0.05) is 26.2 Å². The summed E-state index contributed by atoms with van der Waals surface area (Å²) in [6.07, 6.45) is 1.37. The van der Waals surface area contributed by atoms with Gasteiger partial charge in [-0.3, -0.25) is 9.59 Å². The van der Waals surface area contributed by atoms with E-state index in [9.17, 15) is 14.4 Å². The minimum absolute atomic E-state index is 0.107. The summed E-state index contributed by atoms with van der Waals surface area (Å²) in [5, 5.41) is 2.45. The minimum Gasteiger partial charge on any atom is -0.444 e. The number of nitrogens with one attached hydrogen (secondary N) is 1. The maximum atomic E-state index is 12.1. The SMILES string of the molecule is C=CC(=O)N1CCCN(C(=O)CNC(=O)OC(C)(C)C)CC1. The monoisotopic (exact) mass is 311 g/mol. The van der Waals surface area contributed by atoms with E-state index in [2.05, 4.69) is 11.9 Å². The first kappa shape index (κ1) is 18.0. The molecule has 7 heteroatoms. The molecule has 1 N–H and O–H groups in total. The van der Waals surface area contributed by atoms with Crippen LogP contribution in [0.25, 0.3) is 0 Å². The number of rotatable bonds is 3. The number of ether oxygens (including phenoxy) is 1. The van der Waals surface area contributed by atoms with Crippen molar-refractivity contribution < 1.29 is 19.1 Å². The molecule has 1 saturated heterocycles. The smallest absolute Gasteiger partial charge is 0.408 e. The summed E-state index contributed by atoms with van der Waals surface area (Å²) in [4.78, 5) is 38.5. The topological polar surface area (TPSA) is 79.0 Å². The first-order valence-electron chi connectivity index (χ1n) is 7.39. The molecule has 124 valence electrons. The zero-order chi connectivity index (χ0) is 16.8. The van der Waals surface area contributed by atoms with E-state index in [1.54, 1.807) is 30.6 Å². The zero-order valence-electron chi connectivity index (χ0n) is 13.6. The quantitative estimate of drug-likeness (QED) is 0.780. The molecule has 0 radical (unpaired) electrons. The fourth-order valence-corrected chi connectivity index (χ4v) is 2.09. The highest BCUT2D eigenvalue weighted by Crippen LogP contribution is 2.07. The Balaban J connectivity index is 2.41. The van der Waals surface area contributed by atoms with E-state index < -0.39 is 11.7 Å². The van der Waals surface area contributed by atoms with Gasteiger partial charge in [-0.15, -0.1) is 0 Å². The minimum atomic E-state index is -0.612. The molecule has 0 saturated carbocycles. The number of hydrogen-bond donors (Lipinski definition) is 1. The van der Waals surface area contributed by atoms with Gasteiger partial charge in [-0.2, -0.15) is 0 Å². The molecule has 3 amide bonds. The second-order valence-corrected chi connectivity index (χ2v) is 6.12. The van der Waals surface area contributed by atoms with Crippen LogP contribution in [0.2, 0.25) is 0 Å². The summed E-state index contributed by atoms with van der Waals surface area (Å²) in [7, 11) is 0. The molecule has 1 aliphatic rings. The molecular weight excluding hydrogens is 286 g/mol. The Hall–Kier alpha value is -2.05. The fraction of sp³-hybridized carbons (Fsp3) is 0.667. The highest BCUT2D eigenvalue weighted by atomic mass is 16.6. The van der Waals surface area contributed by atoms with Gasteiger partial charge in [-0.05, 0) is 33.3 Å². The van der Waals surface area contributed by atoms with Gasteiger partial charge in [0.2, 0.25) is 11.8 Å². The van der Waals surface area contributed by atoms with Crippen molar-refractivity contribution in [3.8, 4) is 0 Å². The summed E-state index contributed by atoms with van der Waals surface area (Å²) in [5.41, 5.74) is -0.596. The summed E-state index contributed by atoms with van der Waals surface area (Å²) in [5.74, 6) is -0.306. The van der Waals surface area contributed by atoms with Crippen molar-refractivity contribution in [3.05, 3.63) is 12.7 Å².